The number of esters is 4. The van der Waals surface area contributed by atoms with Gasteiger partial charge < -0.3 is 33.8 Å². The Morgan fingerprint density at radius 2 is 0.482 bits per heavy atom. The van der Waals surface area contributed by atoms with E-state index in [1.165, 1.54) is 154 Å². The lowest BCUT2D eigenvalue weighted by molar-refractivity contribution is -0.161. The Balaban J connectivity index is 5.19. The molecule has 17 nitrogen and oxygen atoms in total. The van der Waals surface area contributed by atoms with Gasteiger partial charge in [0.15, 0.2) is 12.2 Å². The molecule has 0 aliphatic rings. The van der Waals surface area contributed by atoms with Crippen LogP contribution in [0.25, 0.3) is 0 Å². The molecule has 0 spiro atoms. The number of carbonyl (C=O) groups is 4. The van der Waals surface area contributed by atoms with Crippen LogP contribution in [0.2, 0.25) is 0 Å². The van der Waals surface area contributed by atoms with E-state index in [9.17, 15) is 43.2 Å². The molecule has 0 amide bonds. The van der Waals surface area contributed by atoms with Crippen LogP contribution in [-0.4, -0.2) is 96.7 Å². The predicted molar refractivity (Wildman–Crippen MR) is 331 cm³/mol. The minimum absolute atomic E-state index is 0.106. The van der Waals surface area contributed by atoms with Crippen molar-refractivity contribution < 1.29 is 80.2 Å². The number of phosphoric acid groups is 2. The van der Waals surface area contributed by atoms with Crippen LogP contribution < -0.4 is 0 Å². The molecule has 83 heavy (non-hydrogen) atoms. The summed E-state index contributed by atoms with van der Waals surface area (Å²) in [5.41, 5.74) is 0. The van der Waals surface area contributed by atoms with Crippen LogP contribution in [0.4, 0.5) is 0 Å². The van der Waals surface area contributed by atoms with Crippen LogP contribution in [-0.2, 0) is 65.4 Å². The molecule has 0 rings (SSSR count). The van der Waals surface area contributed by atoms with E-state index in [4.69, 9.17) is 37.0 Å². The van der Waals surface area contributed by atoms with E-state index in [2.05, 4.69) is 27.7 Å². The monoisotopic (exact) mass is 1230 g/mol. The summed E-state index contributed by atoms with van der Waals surface area (Å²) in [6, 6.07) is 0. The average molecular weight is 1230 g/mol. The van der Waals surface area contributed by atoms with Gasteiger partial charge in [0.25, 0.3) is 0 Å². The average Bonchev–Trinajstić information content (AvgIpc) is 3.50. The van der Waals surface area contributed by atoms with E-state index in [-0.39, 0.29) is 25.7 Å². The lowest BCUT2D eigenvalue weighted by Crippen LogP contribution is -2.30. The van der Waals surface area contributed by atoms with Crippen LogP contribution in [0, 0.1) is 0 Å². The number of aliphatic hydroxyl groups is 1. The molecule has 0 saturated heterocycles. The van der Waals surface area contributed by atoms with E-state index in [0.717, 1.165) is 96.3 Å². The van der Waals surface area contributed by atoms with Crippen molar-refractivity contribution in [3.05, 3.63) is 0 Å². The molecular formula is C64H124O17P2. The van der Waals surface area contributed by atoms with Crippen molar-refractivity contribution in [2.24, 2.45) is 0 Å². The first kappa shape index (κ1) is 81.1. The molecule has 19 heteroatoms. The minimum Gasteiger partial charge on any atom is -0.462 e. The molecule has 0 radical (unpaired) electrons. The van der Waals surface area contributed by atoms with Crippen LogP contribution in [0.5, 0.6) is 0 Å². The van der Waals surface area contributed by atoms with Gasteiger partial charge in [-0.2, -0.15) is 0 Å². The summed E-state index contributed by atoms with van der Waals surface area (Å²) < 4.78 is 67.9. The maximum absolute atomic E-state index is 13.0. The lowest BCUT2D eigenvalue weighted by atomic mass is 10.0. The molecule has 0 aromatic heterocycles. The van der Waals surface area contributed by atoms with Gasteiger partial charge in [-0.25, -0.2) is 9.13 Å². The van der Waals surface area contributed by atoms with E-state index in [1.807, 2.05) is 0 Å². The maximum Gasteiger partial charge on any atom is 0.472 e. The Kier molecular flexibility index (Phi) is 57.7. The Bertz CT molecular complexity index is 1600. The highest BCUT2D eigenvalue weighted by molar-refractivity contribution is 7.47. The zero-order chi connectivity index (χ0) is 61.2. The zero-order valence-corrected chi connectivity index (χ0v) is 54.9. The normalized spacial score (nSPS) is 14.2. The van der Waals surface area contributed by atoms with Gasteiger partial charge in [-0.05, 0) is 25.7 Å². The highest BCUT2D eigenvalue weighted by Gasteiger charge is 2.30. The largest absolute Gasteiger partial charge is 0.472 e. The second-order valence-electron chi connectivity index (χ2n) is 23.2. The van der Waals surface area contributed by atoms with Crippen molar-refractivity contribution in [2.75, 3.05) is 39.6 Å². The van der Waals surface area contributed by atoms with Gasteiger partial charge >= 0.3 is 39.5 Å². The topological polar surface area (TPSA) is 237 Å². The number of hydrogen-bond acceptors (Lipinski definition) is 15. The number of ether oxygens (including phenoxy) is 4. The zero-order valence-electron chi connectivity index (χ0n) is 53.2. The number of carbonyl (C=O) groups excluding carboxylic acids is 4. The Morgan fingerprint density at radius 1 is 0.289 bits per heavy atom. The third-order valence-electron chi connectivity index (χ3n) is 14.9. The van der Waals surface area contributed by atoms with Gasteiger partial charge in [0.2, 0.25) is 0 Å². The lowest BCUT2D eigenvalue weighted by Gasteiger charge is -2.21. The Morgan fingerprint density at radius 3 is 0.711 bits per heavy atom. The van der Waals surface area contributed by atoms with Gasteiger partial charge in [0.1, 0.15) is 19.3 Å². The maximum atomic E-state index is 13.0. The first-order chi connectivity index (χ1) is 40.2. The SMILES string of the molecule is CCCCCCCCCCCCCCCCCCC(=O)O[C@H](COC(=O)CCCCCCCCCCCC)COP(=O)(O)OC[C@@H](O)COP(=O)(O)OC[C@@H](COC(=O)CCCCCCCCCC)OC(=O)CCCCCCCCCCC. The highest BCUT2D eigenvalue weighted by atomic mass is 31.2. The van der Waals surface area contributed by atoms with Crippen molar-refractivity contribution >= 4 is 39.5 Å². The molecule has 0 aliphatic carbocycles. The predicted octanol–water partition coefficient (Wildman–Crippen LogP) is 17.9. The fourth-order valence-electron chi connectivity index (χ4n) is 9.63. The molecule has 3 N–H and O–H groups in total. The van der Waals surface area contributed by atoms with E-state index in [1.54, 1.807) is 0 Å². The summed E-state index contributed by atoms with van der Waals surface area (Å²) in [5.74, 6) is -2.13. The van der Waals surface area contributed by atoms with Crippen LogP contribution in [0.1, 0.15) is 329 Å². The Hall–Kier alpha value is -1.94. The van der Waals surface area contributed by atoms with Crippen LogP contribution in [0.15, 0.2) is 0 Å². The second kappa shape index (κ2) is 59.0. The quantitative estimate of drug-likeness (QED) is 0.0222. The number of rotatable bonds is 65. The van der Waals surface area contributed by atoms with Crippen LogP contribution in [0.3, 0.4) is 0 Å². The summed E-state index contributed by atoms with van der Waals surface area (Å²) in [4.78, 5) is 72.1. The van der Waals surface area contributed by atoms with Gasteiger partial charge in [0, 0.05) is 25.7 Å². The standard InChI is InChI=1S/C64H124O17P2/c1-5-9-13-17-21-25-27-28-29-30-31-32-35-39-43-47-51-64(69)81-60(55-75-62(67)49-45-41-37-34-26-22-18-14-10-6-2)57-79-83(72,73)77-53-58(65)52-76-82(70,71)78-56-59(54-74-61(66)48-44-40-36-24-20-16-12-8-4)80-63(68)50-46-42-38-33-23-19-15-11-7-3/h58-60,65H,5-57H2,1-4H3,(H,70,71)(H,72,73)/t58-,59+,60+/m0/s1. The molecule has 0 heterocycles. The summed E-state index contributed by atoms with van der Waals surface area (Å²) >= 11 is 0. The molecule has 0 bridgehead atoms. The fraction of sp³-hybridized carbons (Fsp3) is 0.938. The van der Waals surface area contributed by atoms with Crippen molar-refractivity contribution in [2.45, 2.75) is 348 Å². The molecule has 0 aromatic carbocycles. The smallest absolute Gasteiger partial charge is 0.462 e. The molecule has 2 unspecified atom stereocenters. The highest BCUT2D eigenvalue weighted by Crippen LogP contribution is 2.45. The summed E-state index contributed by atoms with van der Waals surface area (Å²) in [6.45, 7) is 4.85. The van der Waals surface area contributed by atoms with Gasteiger partial charge in [-0.1, -0.05) is 278 Å². The fourth-order valence-corrected chi connectivity index (χ4v) is 11.2. The van der Waals surface area contributed by atoms with Crippen molar-refractivity contribution in [1.82, 2.24) is 0 Å². The molecule has 5 atom stereocenters. The molecular weight excluding hydrogens is 1100 g/mol. The summed E-state index contributed by atoms with van der Waals surface area (Å²) in [5, 5.41) is 10.5. The first-order valence-corrected chi connectivity index (χ1v) is 36.8. The van der Waals surface area contributed by atoms with Gasteiger partial charge in [-0.3, -0.25) is 37.3 Å². The van der Waals surface area contributed by atoms with Crippen molar-refractivity contribution in [3.8, 4) is 0 Å². The molecule has 0 aliphatic heterocycles. The first-order valence-electron chi connectivity index (χ1n) is 33.8. The minimum atomic E-state index is -4.94. The van der Waals surface area contributed by atoms with E-state index in [0.29, 0.717) is 25.7 Å². The van der Waals surface area contributed by atoms with Gasteiger partial charge in [0.05, 0.1) is 26.4 Å². The second-order valence-corrected chi connectivity index (χ2v) is 26.1. The van der Waals surface area contributed by atoms with Crippen molar-refractivity contribution in [3.63, 3.8) is 0 Å². The van der Waals surface area contributed by atoms with Crippen molar-refractivity contribution in [1.29, 1.82) is 0 Å². The molecule has 492 valence electrons. The molecule has 0 fully saturated rings. The summed E-state index contributed by atoms with van der Waals surface area (Å²) in [7, 11) is -9.88. The van der Waals surface area contributed by atoms with E-state index >= 15 is 0 Å². The molecule has 0 saturated carbocycles. The third-order valence-corrected chi connectivity index (χ3v) is 16.8. The third kappa shape index (κ3) is 58.8. The van der Waals surface area contributed by atoms with Gasteiger partial charge in [-0.15, -0.1) is 0 Å². The number of hydrogen-bond donors (Lipinski definition) is 3. The molecule has 0 aromatic rings. The number of aliphatic hydroxyl groups excluding tert-OH is 1. The number of unbranched alkanes of at least 4 members (excludes halogenated alkanes) is 39. The number of phosphoric ester groups is 2. The van der Waals surface area contributed by atoms with E-state index < -0.39 is 97.5 Å². The van der Waals surface area contributed by atoms with Crippen LogP contribution >= 0.6 is 15.6 Å². The Labute approximate surface area is 505 Å². The summed E-state index contributed by atoms with van der Waals surface area (Å²) in [6.07, 6.45) is 44.4.